The van der Waals surface area contributed by atoms with Crippen molar-refractivity contribution in [1.82, 2.24) is 4.90 Å². The van der Waals surface area contributed by atoms with Gasteiger partial charge in [-0.1, -0.05) is 44.2 Å². The number of rotatable bonds is 9. The summed E-state index contributed by atoms with van der Waals surface area (Å²) in [6.07, 6.45) is 0. The molecule has 6 heteroatoms. The second-order valence-corrected chi connectivity index (χ2v) is 5.64. The molecule has 0 radical (unpaired) electrons. The molecule has 1 aromatic rings. The zero-order chi connectivity index (χ0) is 17.3. The van der Waals surface area contributed by atoms with Gasteiger partial charge in [0.15, 0.2) is 0 Å². The molecule has 0 bridgehead atoms. The summed E-state index contributed by atoms with van der Waals surface area (Å²) >= 11 is 0. The van der Waals surface area contributed by atoms with Crippen LogP contribution in [0.1, 0.15) is 33.3 Å². The van der Waals surface area contributed by atoms with Gasteiger partial charge in [-0.2, -0.15) is 0 Å². The predicted octanol–water partition coefficient (Wildman–Crippen LogP) is 2.81. The standard InChI is InChI=1S/C18H27NO4.ClH/c1-5-19(6-2)12-13-22-17(21)18(4,14-23-15(3)20)16-10-8-7-9-11-16;/h7-11H,5-6,12-14H2,1-4H3;1H. The van der Waals surface area contributed by atoms with Gasteiger partial charge in [0.25, 0.3) is 0 Å². The summed E-state index contributed by atoms with van der Waals surface area (Å²) in [5.74, 6) is -0.791. The van der Waals surface area contributed by atoms with Crippen LogP contribution in [0.5, 0.6) is 0 Å². The van der Waals surface area contributed by atoms with Gasteiger partial charge in [0.1, 0.15) is 18.6 Å². The quantitative estimate of drug-likeness (QED) is 0.636. The van der Waals surface area contributed by atoms with E-state index in [0.717, 1.165) is 18.7 Å². The maximum absolute atomic E-state index is 12.6. The van der Waals surface area contributed by atoms with Crippen molar-refractivity contribution in [1.29, 1.82) is 0 Å². The molecule has 0 saturated heterocycles. The monoisotopic (exact) mass is 357 g/mol. The smallest absolute Gasteiger partial charge is 0.319 e. The molecular formula is C18H28ClNO4. The van der Waals surface area contributed by atoms with E-state index in [-0.39, 0.29) is 25.0 Å². The maximum Gasteiger partial charge on any atom is 0.319 e. The third-order valence-corrected chi connectivity index (χ3v) is 3.96. The van der Waals surface area contributed by atoms with Gasteiger partial charge in [-0.05, 0) is 25.6 Å². The largest absolute Gasteiger partial charge is 0.464 e. The minimum atomic E-state index is -1.00. The molecule has 1 unspecified atom stereocenters. The first-order valence-electron chi connectivity index (χ1n) is 8.02. The Labute approximate surface area is 150 Å². The number of benzene rings is 1. The van der Waals surface area contributed by atoms with Gasteiger partial charge in [0, 0.05) is 13.5 Å². The molecule has 136 valence electrons. The molecule has 0 aromatic heterocycles. The van der Waals surface area contributed by atoms with Crippen molar-refractivity contribution in [3.8, 4) is 0 Å². The lowest BCUT2D eigenvalue weighted by Gasteiger charge is -2.28. The third kappa shape index (κ3) is 6.49. The van der Waals surface area contributed by atoms with Crippen LogP contribution < -0.4 is 0 Å². The third-order valence-electron chi connectivity index (χ3n) is 3.96. The zero-order valence-electron chi connectivity index (χ0n) is 14.9. The van der Waals surface area contributed by atoms with E-state index >= 15 is 0 Å². The molecular weight excluding hydrogens is 330 g/mol. The molecule has 0 N–H and O–H groups in total. The molecule has 0 fully saturated rings. The first-order chi connectivity index (χ1) is 10.9. The molecule has 5 nitrogen and oxygen atoms in total. The number of ether oxygens (including phenoxy) is 2. The van der Waals surface area contributed by atoms with E-state index in [9.17, 15) is 9.59 Å². The highest BCUT2D eigenvalue weighted by molar-refractivity contribution is 5.85. The van der Waals surface area contributed by atoms with E-state index in [1.54, 1.807) is 6.92 Å². The highest BCUT2D eigenvalue weighted by Crippen LogP contribution is 2.26. The number of likely N-dealkylation sites (N-methyl/N-ethyl adjacent to an activating group) is 1. The summed E-state index contributed by atoms with van der Waals surface area (Å²) in [4.78, 5) is 25.9. The minimum absolute atomic E-state index is 0. The molecule has 0 spiro atoms. The highest BCUT2D eigenvalue weighted by atomic mass is 35.5. The lowest BCUT2D eigenvalue weighted by atomic mass is 9.83. The van der Waals surface area contributed by atoms with E-state index < -0.39 is 11.4 Å². The first kappa shape index (κ1) is 22.4. The van der Waals surface area contributed by atoms with Crippen LogP contribution in [0, 0.1) is 0 Å². The summed E-state index contributed by atoms with van der Waals surface area (Å²) in [5, 5.41) is 0. The Kier molecular flexibility index (Phi) is 10.3. The van der Waals surface area contributed by atoms with E-state index in [2.05, 4.69) is 18.7 Å². The fraction of sp³-hybridized carbons (Fsp3) is 0.556. The molecule has 0 aliphatic carbocycles. The number of nitrogens with zero attached hydrogens (tertiary/aromatic N) is 1. The lowest BCUT2D eigenvalue weighted by molar-refractivity contribution is -0.156. The number of hydrogen-bond donors (Lipinski definition) is 0. The second kappa shape index (κ2) is 11.0. The number of carbonyl (C=O) groups is 2. The van der Waals surface area contributed by atoms with Gasteiger partial charge >= 0.3 is 11.9 Å². The van der Waals surface area contributed by atoms with Crippen LogP contribution in [-0.2, 0) is 24.5 Å². The fourth-order valence-corrected chi connectivity index (χ4v) is 2.28. The predicted molar refractivity (Wildman–Crippen MR) is 96.4 cm³/mol. The van der Waals surface area contributed by atoms with Gasteiger partial charge in [0.05, 0.1) is 0 Å². The van der Waals surface area contributed by atoms with Crippen LogP contribution in [0.25, 0.3) is 0 Å². The average molecular weight is 358 g/mol. The van der Waals surface area contributed by atoms with Crippen LogP contribution >= 0.6 is 12.4 Å². The van der Waals surface area contributed by atoms with Crippen molar-refractivity contribution in [2.45, 2.75) is 33.1 Å². The van der Waals surface area contributed by atoms with Crippen molar-refractivity contribution >= 4 is 24.3 Å². The van der Waals surface area contributed by atoms with Crippen LogP contribution in [-0.4, -0.2) is 49.7 Å². The number of hydrogen-bond acceptors (Lipinski definition) is 5. The summed E-state index contributed by atoms with van der Waals surface area (Å²) in [7, 11) is 0. The Balaban J connectivity index is 0.00000529. The first-order valence-corrected chi connectivity index (χ1v) is 8.02. The summed E-state index contributed by atoms with van der Waals surface area (Å²) < 4.78 is 10.6. The topological polar surface area (TPSA) is 55.8 Å². The lowest BCUT2D eigenvalue weighted by Crippen LogP contribution is -2.40. The van der Waals surface area contributed by atoms with Crippen molar-refractivity contribution in [2.24, 2.45) is 0 Å². The molecule has 1 atom stereocenters. The zero-order valence-corrected chi connectivity index (χ0v) is 15.7. The van der Waals surface area contributed by atoms with Crippen molar-refractivity contribution in [3.63, 3.8) is 0 Å². The molecule has 0 heterocycles. The molecule has 0 aliphatic rings. The minimum Gasteiger partial charge on any atom is -0.464 e. The summed E-state index contributed by atoms with van der Waals surface area (Å²) in [5.41, 5.74) is -0.231. The van der Waals surface area contributed by atoms with Crippen molar-refractivity contribution in [2.75, 3.05) is 32.8 Å². The second-order valence-electron chi connectivity index (χ2n) is 5.64. The van der Waals surface area contributed by atoms with Gasteiger partial charge < -0.3 is 14.4 Å². The van der Waals surface area contributed by atoms with Crippen molar-refractivity contribution in [3.05, 3.63) is 35.9 Å². The SMILES string of the molecule is CCN(CC)CCOC(=O)C(C)(COC(C)=O)c1ccccc1.Cl. The van der Waals surface area contributed by atoms with E-state index in [0.29, 0.717) is 13.2 Å². The molecule has 1 rings (SSSR count). The van der Waals surface area contributed by atoms with E-state index in [1.807, 2.05) is 30.3 Å². The van der Waals surface area contributed by atoms with Crippen molar-refractivity contribution < 1.29 is 19.1 Å². The number of carbonyl (C=O) groups excluding carboxylic acids is 2. The Morgan fingerprint density at radius 3 is 2.17 bits per heavy atom. The molecule has 0 amide bonds. The summed E-state index contributed by atoms with van der Waals surface area (Å²) in [6.45, 7) is 10.0. The van der Waals surface area contributed by atoms with E-state index in [1.165, 1.54) is 6.92 Å². The summed E-state index contributed by atoms with van der Waals surface area (Å²) in [6, 6.07) is 9.26. The van der Waals surface area contributed by atoms with Crippen LogP contribution in [0.2, 0.25) is 0 Å². The van der Waals surface area contributed by atoms with Gasteiger partial charge in [-0.25, -0.2) is 0 Å². The normalized spacial score (nSPS) is 12.9. The number of halogens is 1. The van der Waals surface area contributed by atoms with Gasteiger partial charge in [-0.3, -0.25) is 9.59 Å². The maximum atomic E-state index is 12.6. The van der Waals surface area contributed by atoms with Gasteiger partial charge in [0.2, 0.25) is 0 Å². The molecule has 24 heavy (non-hydrogen) atoms. The van der Waals surface area contributed by atoms with Crippen LogP contribution in [0.3, 0.4) is 0 Å². The van der Waals surface area contributed by atoms with Crippen LogP contribution in [0.15, 0.2) is 30.3 Å². The van der Waals surface area contributed by atoms with Gasteiger partial charge in [-0.15, -0.1) is 12.4 Å². The number of esters is 2. The van der Waals surface area contributed by atoms with E-state index in [4.69, 9.17) is 9.47 Å². The molecule has 0 aliphatic heterocycles. The Bertz CT molecular complexity index is 505. The highest BCUT2D eigenvalue weighted by Gasteiger charge is 2.38. The Morgan fingerprint density at radius 2 is 1.67 bits per heavy atom. The molecule has 0 saturated carbocycles. The Hall–Kier alpha value is -1.59. The molecule has 1 aromatic carbocycles. The van der Waals surface area contributed by atoms with Crippen LogP contribution in [0.4, 0.5) is 0 Å². The Morgan fingerprint density at radius 1 is 1.08 bits per heavy atom. The average Bonchev–Trinajstić information content (AvgIpc) is 2.57. The fourth-order valence-electron chi connectivity index (χ4n) is 2.28.